The second-order valence-corrected chi connectivity index (χ2v) is 10.2. The number of carbonyl (C=O) groups is 4. The third-order valence-corrected chi connectivity index (χ3v) is 7.73. The number of halogens is 3. The van der Waals surface area contributed by atoms with Gasteiger partial charge in [-0.15, -0.1) is 0 Å². The molecule has 0 bridgehead atoms. The molecule has 0 aromatic heterocycles. The van der Waals surface area contributed by atoms with Gasteiger partial charge in [0.2, 0.25) is 11.8 Å². The molecular weight excluding hydrogens is 455 g/mol. The van der Waals surface area contributed by atoms with Gasteiger partial charge in [0.1, 0.15) is 17.5 Å². The molecule has 3 amide bonds. The van der Waals surface area contributed by atoms with Gasteiger partial charge in [0.15, 0.2) is 0 Å². The highest BCUT2D eigenvalue weighted by atomic mass is 32.2. The maximum atomic E-state index is 13.1. The summed E-state index contributed by atoms with van der Waals surface area (Å²) < 4.78 is 49.4. The fraction of sp³-hybridized carbons (Fsp3) is 0.474. The molecule has 0 aliphatic carbocycles. The van der Waals surface area contributed by atoms with Crippen LogP contribution in [0.25, 0.3) is 0 Å². The van der Waals surface area contributed by atoms with Crippen molar-refractivity contribution in [3.8, 4) is 0 Å². The minimum absolute atomic E-state index is 0.0544. The summed E-state index contributed by atoms with van der Waals surface area (Å²) in [6.07, 6.45) is -5.21. The molecule has 0 spiro atoms. The van der Waals surface area contributed by atoms with Crippen molar-refractivity contribution in [2.24, 2.45) is 0 Å². The van der Waals surface area contributed by atoms with E-state index in [2.05, 4.69) is 0 Å². The second-order valence-electron chi connectivity index (χ2n) is 8.08. The molecule has 1 unspecified atom stereocenters. The number of likely N-dealkylation sites (N-methyl/N-ethyl adjacent to an activating group) is 1. The van der Waals surface area contributed by atoms with Crippen molar-refractivity contribution in [2.75, 3.05) is 7.05 Å². The van der Waals surface area contributed by atoms with Crippen LogP contribution in [0.4, 0.5) is 13.2 Å². The molecule has 2 aliphatic heterocycles. The normalized spacial score (nSPS) is 26.2. The first-order valence-electron chi connectivity index (χ1n) is 9.35. The van der Waals surface area contributed by atoms with Gasteiger partial charge in [-0.05, 0) is 31.5 Å². The van der Waals surface area contributed by atoms with Crippen LogP contribution in [-0.4, -0.2) is 78.2 Å². The van der Waals surface area contributed by atoms with Crippen LogP contribution in [0.5, 0.6) is 0 Å². The van der Waals surface area contributed by atoms with E-state index >= 15 is 0 Å². The maximum Gasteiger partial charge on any atom is 0.471 e. The predicted molar refractivity (Wildman–Crippen MR) is 105 cm³/mol. The van der Waals surface area contributed by atoms with Crippen LogP contribution in [0.15, 0.2) is 24.3 Å². The summed E-state index contributed by atoms with van der Waals surface area (Å²) in [5, 5.41) is 9.28. The number of alkyl halides is 3. The SMILES string of the molecule is CN(Cc1ccc(C(=O)O)cc1)C(=O)[C@@H]1N2C(=O)[C@H](NC(=O)C(F)(F)F)[C@@H]2S(=O)C1(C)C. The van der Waals surface area contributed by atoms with Crippen LogP contribution >= 0.6 is 0 Å². The Balaban J connectivity index is 1.78. The van der Waals surface area contributed by atoms with Crippen molar-refractivity contribution in [3.05, 3.63) is 35.4 Å². The lowest BCUT2D eigenvalue weighted by molar-refractivity contribution is -0.178. The summed E-state index contributed by atoms with van der Waals surface area (Å²) in [7, 11) is -0.490. The number of rotatable bonds is 5. The number of nitrogens with zero attached hydrogens (tertiary/aromatic N) is 2. The first-order valence-corrected chi connectivity index (χ1v) is 10.6. The summed E-state index contributed by atoms with van der Waals surface area (Å²) in [5.41, 5.74) is 0.667. The molecule has 3 rings (SSSR count). The molecule has 2 heterocycles. The predicted octanol–water partition coefficient (Wildman–Crippen LogP) is 0.468. The third kappa shape index (κ3) is 3.85. The average molecular weight is 475 g/mol. The summed E-state index contributed by atoms with van der Waals surface area (Å²) in [6, 6.07) is 2.94. The van der Waals surface area contributed by atoms with Gasteiger partial charge in [-0.2, -0.15) is 13.2 Å². The second kappa shape index (κ2) is 7.87. The number of benzene rings is 1. The molecule has 0 saturated carbocycles. The van der Waals surface area contributed by atoms with Crippen molar-refractivity contribution < 1.29 is 41.7 Å². The maximum absolute atomic E-state index is 13.1. The van der Waals surface area contributed by atoms with E-state index < -0.39 is 62.9 Å². The number of fused-ring (bicyclic) bond motifs is 1. The van der Waals surface area contributed by atoms with Gasteiger partial charge in [-0.25, -0.2) is 4.79 Å². The quantitative estimate of drug-likeness (QED) is 0.597. The molecule has 174 valence electrons. The van der Waals surface area contributed by atoms with Gasteiger partial charge >= 0.3 is 18.1 Å². The highest BCUT2D eigenvalue weighted by molar-refractivity contribution is 7.87. The molecule has 32 heavy (non-hydrogen) atoms. The van der Waals surface area contributed by atoms with Crippen LogP contribution in [-0.2, 0) is 31.7 Å². The number of carbonyl (C=O) groups excluding carboxylic acids is 3. The topological polar surface area (TPSA) is 124 Å². The number of aromatic carboxylic acids is 1. The van der Waals surface area contributed by atoms with Crippen LogP contribution in [0, 0.1) is 0 Å². The molecule has 2 saturated heterocycles. The highest BCUT2D eigenvalue weighted by Gasteiger charge is 2.68. The number of hydrogen-bond acceptors (Lipinski definition) is 5. The Morgan fingerprint density at radius 2 is 1.78 bits per heavy atom. The van der Waals surface area contributed by atoms with Gasteiger partial charge in [-0.3, -0.25) is 18.6 Å². The molecule has 1 aromatic rings. The van der Waals surface area contributed by atoms with Crippen LogP contribution in [0.3, 0.4) is 0 Å². The molecule has 1 aromatic carbocycles. The first-order chi connectivity index (χ1) is 14.7. The Morgan fingerprint density at radius 3 is 2.28 bits per heavy atom. The Morgan fingerprint density at radius 1 is 1.22 bits per heavy atom. The fourth-order valence-corrected chi connectivity index (χ4v) is 5.75. The van der Waals surface area contributed by atoms with Crippen LogP contribution in [0.1, 0.15) is 29.8 Å². The van der Waals surface area contributed by atoms with E-state index in [1.807, 2.05) is 0 Å². The number of carboxylic acid groups (broad SMARTS) is 1. The van der Waals surface area contributed by atoms with Gasteiger partial charge in [-0.1, -0.05) is 12.1 Å². The zero-order chi connectivity index (χ0) is 24.2. The molecule has 2 fully saturated rings. The molecule has 2 N–H and O–H groups in total. The van der Waals surface area contributed by atoms with Crippen molar-refractivity contribution >= 4 is 34.5 Å². The van der Waals surface area contributed by atoms with E-state index in [0.29, 0.717) is 5.56 Å². The van der Waals surface area contributed by atoms with E-state index in [4.69, 9.17) is 5.11 Å². The van der Waals surface area contributed by atoms with E-state index in [9.17, 15) is 36.6 Å². The summed E-state index contributed by atoms with van der Waals surface area (Å²) in [5.74, 6) is -4.92. The summed E-state index contributed by atoms with van der Waals surface area (Å²) >= 11 is 0. The Hall–Kier alpha value is -2.96. The van der Waals surface area contributed by atoms with E-state index in [-0.39, 0.29) is 12.1 Å². The summed E-state index contributed by atoms with van der Waals surface area (Å²) in [6.45, 7) is 2.99. The number of amides is 3. The van der Waals surface area contributed by atoms with Crippen molar-refractivity contribution in [3.63, 3.8) is 0 Å². The molecule has 13 heteroatoms. The molecule has 0 radical (unpaired) electrons. The van der Waals surface area contributed by atoms with Gasteiger partial charge in [0.25, 0.3) is 0 Å². The number of nitrogens with one attached hydrogen (secondary N) is 1. The number of β-lactam (4-membered cyclic amide) rings is 1. The van der Waals surface area contributed by atoms with Crippen LogP contribution in [0.2, 0.25) is 0 Å². The van der Waals surface area contributed by atoms with Crippen molar-refractivity contribution in [1.82, 2.24) is 15.1 Å². The standard InChI is InChI=1S/C19H20F3N3O6S/c1-18(2)12(14(27)24(3)8-9-4-6-10(7-5-9)16(28)29)25-13(26)11(15(25)32(18)31)23-17(30)19(20,21)22/h4-7,11-12,15H,8H2,1-3H3,(H,23,30)(H,28,29)/t11-,12-,15-,32?/m0/s1. The minimum atomic E-state index is -5.21. The smallest absolute Gasteiger partial charge is 0.471 e. The lowest BCUT2D eigenvalue weighted by atomic mass is 9.94. The monoisotopic (exact) mass is 475 g/mol. The van der Waals surface area contributed by atoms with Crippen molar-refractivity contribution in [2.45, 2.75) is 48.8 Å². The summed E-state index contributed by atoms with van der Waals surface area (Å²) in [4.78, 5) is 50.1. The minimum Gasteiger partial charge on any atom is -0.478 e. The average Bonchev–Trinajstić information content (AvgIpc) is 2.88. The molecular formula is C19H20F3N3O6S. The van der Waals surface area contributed by atoms with E-state index in [1.54, 1.807) is 5.32 Å². The lowest BCUT2D eigenvalue weighted by Gasteiger charge is -2.44. The van der Waals surface area contributed by atoms with E-state index in [0.717, 1.165) is 4.90 Å². The van der Waals surface area contributed by atoms with E-state index in [1.165, 1.54) is 50.1 Å². The largest absolute Gasteiger partial charge is 0.478 e. The molecule has 4 atom stereocenters. The third-order valence-electron chi connectivity index (χ3n) is 5.53. The lowest BCUT2D eigenvalue weighted by Crippen LogP contribution is -2.72. The highest BCUT2D eigenvalue weighted by Crippen LogP contribution is 2.44. The zero-order valence-corrected chi connectivity index (χ0v) is 18.0. The Kier molecular flexibility index (Phi) is 5.83. The number of hydrogen-bond donors (Lipinski definition) is 2. The van der Waals surface area contributed by atoms with Crippen LogP contribution < -0.4 is 5.32 Å². The van der Waals surface area contributed by atoms with Gasteiger partial charge < -0.3 is 20.2 Å². The molecule has 9 nitrogen and oxygen atoms in total. The van der Waals surface area contributed by atoms with Gasteiger partial charge in [0, 0.05) is 13.6 Å². The molecule has 2 aliphatic rings. The first kappa shape index (κ1) is 23.7. The van der Waals surface area contributed by atoms with Crippen molar-refractivity contribution in [1.29, 1.82) is 0 Å². The Labute approximate surface area is 183 Å². The zero-order valence-electron chi connectivity index (χ0n) is 17.2. The fourth-order valence-electron chi connectivity index (χ4n) is 3.83. The number of carboxylic acids is 1. The van der Waals surface area contributed by atoms with Gasteiger partial charge in [0.05, 0.1) is 21.1 Å². The Bertz CT molecular complexity index is 1010.